The number of hydrogen-bond donors (Lipinski definition) is 1. The number of hydrogen-bond acceptors (Lipinski definition) is 7. The number of anilines is 2. The van der Waals surface area contributed by atoms with Crippen LogP contribution in [0.15, 0.2) is 35.4 Å². The second-order valence-electron chi connectivity index (χ2n) is 7.37. The largest absolute Gasteiger partial charge is 0.416 e. The lowest BCUT2D eigenvalue weighted by molar-refractivity contribution is -0.137. The summed E-state index contributed by atoms with van der Waals surface area (Å²) in [7, 11) is 0. The number of benzene rings is 1. The van der Waals surface area contributed by atoms with Crippen LogP contribution in [0.4, 0.5) is 24.0 Å². The third-order valence-electron chi connectivity index (χ3n) is 5.27. The molecule has 3 heterocycles. The maximum atomic E-state index is 12.8. The molecule has 8 nitrogen and oxygen atoms in total. The molecular weight excluding hydrogens is 445 g/mol. The van der Waals surface area contributed by atoms with E-state index in [4.69, 9.17) is 0 Å². The molecule has 1 N–H and O–H groups in total. The number of carbonyl (C=O) groups excluding carboxylic acids is 1. The summed E-state index contributed by atoms with van der Waals surface area (Å²) in [4.78, 5) is 38.3. The Hall–Kier alpha value is -2.99. The van der Waals surface area contributed by atoms with Crippen molar-refractivity contribution in [3.8, 4) is 0 Å². The minimum atomic E-state index is -4.45. The molecule has 3 aromatic rings. The van der Waals surface area contributed by atoms with E-state index in [2.05, 4.69) is 32.0 Å². The number of thiazole rings is 1. The lowest BCUT2D eigenvalue weighted by Gasteiger charge is -2.33. The van der Waals surface area contributed by atoms with E-state index in [0.717, 1.165) is 50.0 Å². The van der Waals surface area contributed by atoms with Crippen LogP contribution in [0, 0.1) is 0 Å². The number of piperazine rings is 1. The Morgan fingerprint density at radius 2 is 1.84 bits per heavy atom. The van der Waals surface area contributed by atoms with Gasteiger partial charge < -0.3 is 15.1 Å². The van der Waals surface area contributed by atoms with E-state index in [1.54, 1.807) is 0 Å². The summed E-state index contributed by atoms with van der Waals surface area (Å²) in [6.07, 6.45) is -3.19. The van der Waals surface area contributed by atoms with Crippen molar-refractivity contribution in [3.63, 3.8) is 0 Å². The summed E-state index contributed by atoms with van der Waals surface area (Å²) in [6.45, 7) is 6.28. The van der Waals surface area contributed by atoms with Crippen LogP contribution in [0.3, 0.4) is 0 Å². The molecule has 1 aliphatic heterocycles. The molecule has 0 atom stereocenters. The monoisotopic (exact) mass is 466 g/mol. The standard InChI is InChI=1S/C20H21F3N6O2S/c1-2-27-7-9-28(10-8-27)19-26-17-16(32-19)18(31)29(12-24-17)11-15(30)25-14-5-3-13(4-6-14)20(21,22)23/h3-6,12H,2,7-11H2,1H3,(H,25,30). The maximum Gasteiger partial charge on any atom is 0.416 e. The van der Waals surface area contributed by atoms with E-state index in [-0.39, 0.29) is 17.8 Å². The van der Waals surface area contributed by atoms with E-state index in [1.807, 2.05) is 0 Å². The molecular formula is C20H21F3N6O2S. The molecule has 12 heteroatoms. The number of alkyl halides is 3. The summed E-state index contributed by atoms with van der Waals surface area (Å²) in [5.41, 5.74) is -0.643. The molecule has 0 unspecified atom stereocenters. The minimum absolute atomic E-state index is 0.205. The zero-order valence-electron chi connectivity index (χ0n) is 17.2. The minimum Gasteiger partial charge on any atom is -0.345 e. The van der Waals surface area contributed by atoms with Gasteiger partial charge in [-0.15, -0.1) is 0 Å². The molecule has 1 aliphatic rings. The van der Waals surface area contributed by atoms with Crippen molar-refractivity contribution in [1.29, 1.82) is 0 Å². The smallest absolute Gasteiger partial charge is 0.345 e. The predicted molar refractivity (Wildman–Crippen MR) is 116 cm³/mol. The van der Waals surface area contributed by atoms with Crippen molar-refractivity contribution in [2.75, 3.05) is 42.9 Å². The van der Waals surface area contributed by atoms with Gasteiger partial charge >= 0.3 is 6.18 Å². The van der Waals surface area contributed by atoms with E-state index in [9.17, 15) is 22.8 Å². The molecule has 170 valence electrons. The number of halogens is 3. The highest BCUT2D eigenvalue weighted by molar-refractivity contribution is 7.22. The number of nitrogens with one attached hydrogen (secondary N) is 1. The van der Waals surface area contributed by atoms with Crippen LogP contribution in [0.25, 0.3) is 10.3 Å². The lowest BCUT2D eigenvalue weighted by Crippen LogP contribution is -2.46. The molecule has 0 radical (unpaired) electrons. The number of amides is 1. The molecule has 2 aromatic heterocycles. The maximum absolute atomic E-state index is 12.8. The second-order valence-corrected chi connectivity index (χ2v) is 8.35. The molecule has 0 saturated carbocycles. The van der Waals surface area contributed by atoms with Crippen molar-refractivity contribution >= 4 is 38.4 Å². The predicted octanol–water partition coefficient (Wildman–Crippen LogP) is 2.65. The van der Waals surface area contributed by atoms with Gasteiger partial charge in [-0.3, -0.25) is 14.2 Å². The average Bonchev–Trinajstić information content (AvgIpc) is 3.21. The van der Waals surface area contributed by atoms with Gasteiger partial charge in [0.05, 0.1) is 5.56 Å². The third kappa shape index (κ3) is 4.75. The average molecular weight is 466 g/mol. The van der Waals surface area contributed by atoms with Crippen LogP contribution in [-0.2, 0) is 17.5 Å². The van der Waals surface area contributed by atoms with Crippen LogP contribution in [0.5, 0.6) is 0 Å². The zero-order chi connectivity index (χ0) is 22.9. The molecule has 4 rings (SSSR count). The van der Waals surface area contributed by atoms with Gasteiger partial charge in [0, 0.05) is 31.9 Å². The SMILES string of the molecule is CCN1CCN(c2nc3ncn(CC(=O)Nc4ccc(C(F)(F)F)cc4)c(=O)c3s2)CC1. The van der Waals surface area contributed by atoms with Crippen molar-refractivity contribution in [1.82, 2.24) is 19.4 Å². The molecule has 1 amide bonds. The summed E-state index contributed by atoms with van der Waals surface area (Å²) in [6, 6.07) is 4.10. The molecule has 32 heavy (non-hydrogen) atoms. The summed E-state index contributed by atoms with van der Waals surface area (Å²) in [5.74, 6) is -0.548. The van der Waals surface area contributed by atoms with Crippen LogP contribution >= 0.6 is 11.3 Å². The van der Waals surface area contributed by atoms with E-state index in [0.29, 0.717) is 10.3 Å². The summed E-state index contributed by atoms with van der Waals surface area (Å²) < 4.78 is 39.5. The van der Waals surface area contributed by atoms with Crippen LogP contribution < -0.4 is 15.8 Å². The van der Waals surface area contributed by atoms with E-state index >= 15 is 0 Å². The van der Waals surface area contributed by atoms with Crippen LogP contribution in [0.1, 0.15) is 12.5 Å². The topological polar surface area (TPSA) is 83.4 Å². The Balaban J connectivity index is 1.46. The lowest BCUT2D eigenvalue weighted by atomic mass is 10.2. The Morgan fingerprint density at radius 3 is 2.47 bits per heavy atom. The van der Waals surface area contributed by atoms with Crippen molar-refractivity contribution in [2.24, 2.45) is 0 Å². The first kappa shape index (κ1) is 22.2. The Morgan fingerprint density at radius 1 is 1.16 bits per heavy atom. The van der Waals surface area contributed by atoms with Gasteiger partial charge in [-0.05, 0) is 30.8 Å². The molecule has 1 saturated heterocycles. The van der Waals surface area contributed by atoms with Crippen LogP contribution in [-0.4, -0.2) is 58.1 Å². The van der Waals surface area contributed by atoms with E-state index in [1.165, 1.54) is 34.4 Å². The van der Waals surface area contributed by atoms with Gasteiger partial charge in [0.1, 0.15) is 17.6 Å². The number of likely N-dealkylation sites (N-methyl/N-ethyl adjacent to an activating group) is 1. The fraction of sp³-hybridized carbons (Fsp3) is 0.400. The van der Waals surface area contributed by atoms with Crippen molar-refractivity contribution < 1.29 is 18.0 Å². The molecule has 1 fully saturated rings. The fourth-order valence-corrected chi connectivity index (χ4v) is 4.46. The summed E-state index contributed by atoms with van der Waals surface area (Å²) in [5, 5.41) is 3.22. The normalized spacial score (nSPS) is 15.3. The van der Waals surface area contributed by atoms with Crippen LogP contribution in [0.2, 0.25) is 0 Å². The van der Waals surface area contributed by atoms with Gasteiger partial charge in [0.25, 0.3) is 5.56 Å². The first-order valence-electron chi connectivity index (χ1n) is 10.0. The molecule has 1 aromatic carbocycles. The van der Waals surface area contributed by atoms with Gasteiger partial charge in [0.2, 0.25) is 5.91 Å². The van der Waals surface area contributed by atoms with Crippen molar-refractivity contribution in [3.05, 3.63) is 46.5 Å². The number of rotatable bonds is 5. The van der Waals surface area contributed by atoms with Crippen molar-refractivity contribution in [2.45, 2.75) is 19.6 Å². The number of aromatic nitrogens is 3. The first-order valence-corrected chi connectivity index (χ1v) is 10.9. The Labute approximate surface area is 185 Å². The highest BCUT2D eigenvalue weighted by Crippen LogP contribution is 2.30. The number of carbonyl (C=O) groups is 1. The zero-order valence-corrected chi connectivity index (χ0v) is 18.0. The second kappa shape index (κ2) is 8.87. The fourth-order valence-electron chi connectivity index (χ4n) is 3.44. The first-order chi connectivity index (χ1) is 15.2. The van der Waals surface area contributed by atoms with Gasteiger partial charge in [-0.25, -0.2) is 4.98 Å². The van der Waals surface area contributed by atoms with E-state index < -0.39 is 17.6 Å². The van der Waals surface area contributed by atoms with Gasteiger partial charge in [-0.1, -0.05) is 18.3 Å². The Kier molecular flexibility index (Phi) is 6.15. The quantitative estimate of drug-likeness (QED) is 0.623. The highest BCUT2D eigenvalue weighted by Gasteiger charge is 2.30. The molecule has 0 aliphatic carbocycles. The van der Waals surface area contributed by atoms with Gasteiger partial charge in [-0.2, -0.15) is 18.2 Å². The summed E-state index contributed by atoms with van der Waals surface area (Å²) >= 11 is 1.25. The molecule has 0 spiro atoms. The molecule has 0 bridgehead atoms. The third-order valence-corrected chi connectivity index (χ3v) is 6.37. The van der Waals surface area contributed by atoms with Gasteiger partial charge in [0.15, 0.2) is 10.8 Å². The number of fused-ring (bicyclic) bond motifs is 1. The number of nitrogens with zero attached hydrogens (tertiary/aromatic N) is 5. The highest BCUT2D eigenvalue weighted by atomic mass is 32.1. The Bertz CT molecular complexity index is 1170.